The summed E-state index contributed by atoms with van der Waals surface area (Å²) in [6, 6.07) is 7.33. The zero-order valence-corrected chi connectivity index (χ0v) is 10.0. The highest BCUT2D eigenvalue weighted by Gasteiger charge is 2.37. The number of halogens is 1. The number of nitrogens with two attached hydrogens (primary N) is 1. The van der Waals surface area contributed by atoms with Crippen LogP contribution in [0.15, 0.2) is 42.5 Å². The van der Waals surface area contributed by atoms with E-state index in [-0.39, 0.29) is 6.42 Å². The number of rotatable bonds is 2. The third kappa shape index (κ3) is 2.14. The van der Waals surface area contributed by atoms with E-state index in [1.807, 2.05) is 18.2 Å². The monoisotopic (exact) mass is 247 g/mol. The molecule has 0 amide bonds. The van der Waals surface area contributed by atoms with E-state index in [1.54, 1.807) is 18.2 Å². The minimum absolute atomic E-state index is 0.0418. The maximum atomic E-state index is 14.1. The largest absolute Gasteiger partial charge is 0.466 e. The number of para-hydroxylation sites is 1. The Bertz CT molecular complexity index is 536. The molecule has 0 fully saturated rings. The van der Waals surface area contributed by atoms with Crippen molar-refractivity contribution < 1.29 is 13.9 Å². The van der Waals surface area contributed by atoms with Gasteiger partial charge in [-0.05, 0) is 17.7 Å². The van der Waals surface area contributed by atoms with Crippen LogP contribution in [0.2, 0.25) is 0 Å². The van der Waals surface area contributed by atoms with Crippen LogP contribution < -0.4 is 5.73 Å². The van der Waals surface area contributed by atoms with E-state index in [0.717, 1.165) is 11.1 Å². The number of hydrogen-bond donors (Lipinski definition) is 1. The summed E-state index contributed by atoms with van der Waals surface area (Å²) in [7, 11) is 1.17. The number of benzene rings is 1. The molecule has 0 aliphatic heterocycles. The number of ether oxygens (including phenoxy) is 1. The number of alkyl halides is 1. The molecule has 2 N–H and O–H groups in total. The molecule has 0 aromatic heterocycles. The van der Waals surface area contributed by atoms with Gasteiger partial charge in [0.2, 0.25) is 5.67 Å². The number of carbonyl (C=O) groups excluding carboxylic acids is 1. The fourth-order valence-corrected chi connectivity index (χ4v) is 1.90. The Morgan fingerprint density at radius 2 is 2.17 bits per heavy atom. The van der Waals surface area contributed by atoms with E-state index in [0.29, 0.717) is 5.69 Å². The molecular weight excluding hydrogens is 233 g/mol. The lowest BCUT2D eigenvalue weighted by atomic mass is 9.90. The number of nitrogen functional groups attached to an aromatic ring is 1. The Morgan fingerprint density at radius 1 is 1.44 bits per heavy atom. The van der Waals surface area contributed by atoms with Crippen molar-refractivity contribution in [3.05, 3.63) is 48.1 Å². The lowest BCUT2D eigenvalue weighted by Gasteiger charge is -2.21. The van der Waals surface area contributed by atoms with Crippen molar-refractivity contribution >= 4 is 17.2 Å². The first-order valence-corrected chi connectivity index (χ1v) is 5.58. The van der Waals surface area contributed by atoms with Crippen LogP contribution in [0.5, 0.6) is 0 Å². The fourth-order valence-electron chi connectivity index (χ4n) is 1.90. The second kappa shape index (κ2) is 4.64. The summed E-state index contributed by atoms with van der Waals surface area (Å²) in [6.45, 7) is 0. The predicted octanol–water partition coefficient (Wildman–Crippen LogP) is 2.49. The molecule has 94 valence electrons. The molecule has 1 atom stereocenters. The lowest BCUT2D eigenvalue weighted by Crippen LogP contribution is -2.33. The van der Waals surface area contributed by atoms with Crippen molar-refractivity contribution in [2.75, 3.05) is 12.8 Å². The van der Waals surface area contributed by atoms with Gasteiger partial charge in [0.15, 0.2) is 0 Å². The van der Waals surface area contributed by atoms with Crippen molar-refractivity contribution in [2.45, 2.75) is 12.1 Å². The molecule has 1 unspecified atom stereocenters. The average molecular weight is 247 g/mol. The molecule has 1 aromatic carbocycles. The fraction of sp³-hybridized carbons (Fsp3) is 0.214. The molecule has 0 heterocycles. The van der Waals surface area contributed by atoms with Crippen molar-refractivity contribution in [1.82, 2.24) is 0 Å². The molecular formula is C14H14FNO2. The van der Waals surface area contributed by atoms with Gasteiger partial charge in [0.05, 0.1) is 7.11 Å². The summed E-state index contributed by atoms with van der Waals surface area (Å²) in [4.78, 5) is 11.3. The van der Waals surface area contributed by atoms with Crippen LogP contribution in [0.1, 0.15) is 12.0 Å². The number of allylic oxidation sites excluding steroid dienone is 3. The van der Waals surface area contributed by atoms with Gasteiger partial charge in [-0.3, -0.25) is 0 Å². The van der Waals surface area contributed by atoms with Gasteiger partial charge < -0.3 is 10.5 Å². The highest BCUT2D eigenvalue weighted by molar-refractivity contribution is 5.88. The molecule has 0 saturated heterocycles. The molecule has 0 bridgehead atoms. The first-order chi connectivity index (χ1) is 8.57. The Kier molecular flexibility index (Phi) is 3.19. The zero-order chi connectivity index (χ0) is 13.2. The number of methoxy groups -OCH3 is 1. The second-order valence-electron chi connectivity index (χ2n) is 4.14. The van der Waals surface area contributed by atoms with Crippen LogP contribution in [0.4, 0.5) is 10.1 Å². The SMILES string of the molecule is COC(=O)C1(F)C=CC(c2ccccc2N)=CC1. The quantitative estimate of drug-likeness (QED) is 0.645. The molecule has 18 heavy (non-hydrogen) atoms. The summed E-state index contributed by atoms with van der Waals surface area (Å²) < 4.78 is 18.6. The standard InChI is InChI=1S/C14H14FNO2/c1-18-13(17)14(15)8-6-10(7-9-14)11-4-2-3-5-12(11)16/h2-8H,9,16H2,1H3. The van der Waals surface area contributed by atoms with Gasteiger partial charge in [0, 0.05) is 17.7 Å². The molecule has 1 aliphatic rings. The van der Waals surface area contributed by atoms with Gasteiger partial charge >= 0.3 is 5.97 Å². The van der Waals surface area contributed by atoms with Crippen molar-refractivity contribution in [3.63, 3.8) is 0 Å². The van der Waals surface area contributed by atoms with E-state index in [2.05, 4.69) is 4.74 Å². The van der Waals surface area contributed by atoms with Crippen LogP contribution in [-0.2, 0) is 9.53 Å². The molecule has 1 aromatic rings. The van der Waals surface area contributed by atoms with Gasteiger partial charge in [-0.1, -0.05) is 30.4 Å². The van der Waals surface area contributed by atoms with Gasteiger partial charge in [-0.25, -0.2) is 9.18 Å². The van der Waals surface area contributed by atoms with E-state index in [9.17, 15) is 9.18 Å². The second-order valence-corrected chi connectivity index (χ2v) is 4.14. The van der Waals surface area contributed by atoms with Gasteiger partial charge in [-0.15, -0.1) is 0 Å². The highest BCUT2D eigenvalue weighted by atomic mass is 19.1. The van der Waals surface area contributed by atoms with Crippen molar-refractivity contribution in [2.24, 2.45) is 0 Å². The highest BCUT2D eigenvalue weighted by Crippen LogP contribution is 2.32. The van der Waals surface area contributed by atoms with Gasteiger partial charge in [0.25, 0.3) is 0 Å². The number of carbonyl (C=O) groups is 1. The number of esters is 1. The van der Waals surface area contributed by atoms with Crippen molar-refractivity contribution in [1.29, 1.82) is 0 Å². The maximum Gasteiger partial charge on any atom is 0.348 e. The summed E-state index contributed by atoms with van der Waals surface area (Å²) >= 11 is 0. The van der Waals surface area contributed by atoms with Crippen LogP contribution in [0, 0.1) is 0 Å². The minimum atomic E-state index is -2.07. The van der Waals surface area contributed by atoms with Gasteiger partial charge in [-0.2, -0.15) is 0 Å². The number of hydrogen-bond acceptors (Lipinski definition) is 3. The summed E-state index contributed by atoms with van der Waals surface area (Å²) in [5.74, 6) is -0.880. The normalized spacial score (nSPS) is 22.4. The molecule has 1 aliphatic carbocycles. The Balaban J connectivity index is 2.26. The summed E-state index contributed by atoms with van der Waals surface area (Å²) in [6.07, 6.45) is 4.40. The van der Waals surface area contributed by atoms with E-state index in [1.165, 1.54) is 13.2 Å². The minimum Gasteiger partial charge on any atom is -0.466 e. The summed E-state index contributed by atoms with van der Waals surface area (Å²) in [5.41, 5.74) is 6.04. The van der Waals surface area contributed by atoms with E-state index >= 15 is 0 Å². The van der Waals surface area contributed by atoms with E-state index in [4.69, 9.17) is 5.73 Å². The predicted molar refractivity (Wildman–Crippen MR) is 68.4 cm³/mol. The van der Waals surface area contributed by atoms with Crippen molar-refractivity contribution in [3.8, 4) is 0 Å². The average Bonchev–Trinajstić information content (AvgIpc) is 2.39. The Hall–Kier alpha value is -2.10. The van der Waals surface area contributed by atoms with Crippen LogP contribution in [0.3, 0.4) is 0 Å². The molecule has 2 rings (SSSR count). The van der Waals surface area contributed by atoms with Crippen LogP contribution in [-0.4, -0.2) is 18.7 Å². The van der Waals surface area contributed by atoms with Crippen LogP contribution in [0.25, 0.3) is 5.57 Å². The first kappa shape index (κ1) is 12.4. The summed E-state index contributed by atoms with van der Waals surface area (Å²) in [5, 5.41) is 0. The lowest BCUT2D eigenvalue weighted by molar-refractivity contribution is -0.151. The third-order valence-corrected chi connectivity index (χ3v) is 2.94. The zero-order valence-electron chi connectivity index (χ0n) is 10.0. The topological polar surface area (TPSA) is 52.3 Å². The third-order valence-electron chi connectivity index (χ3n) is 2.94. The maximum absolute atomic E-state index is 14.1. The molecule has 0 spiro atoms. The van der Waals surface area contributed by atoms with Gasteiger partial charge in [0.1, 0.15) is 0 Å². The Labute approximate surface area is 105 Å². The van der Waals surface area contributed by atoms with Crippen LogP contribution >= 0.6 is 0 Å². The molecule has 0 saturated carbocycles. The Morgan fingerprint density at radius 3 is 2.72 bits per heavy atom. The van der Waals surface area contributed by atoms with E-state index < -0.39 is 11.6 Å². The molecule has 4 heteroatoms. The first-order valence-electron chi connectivity index (χ1n) is 5.58. The smallest absolute Gasteiger partial charge is 0.348 e. The number of anilines is 1. The molecule has 3 nitrogen and oxygen atoms in total. The molecule has 0 radical (unpaired) electrons.